The number of anilines is 1. The first-order valence-electron chi connectivity index (χ1n) is 3.79. The van der Waals surface area contributed by atoms with Gasteiger partial charge >= 0.3 is 0 Å². The molecule has 0 aliphatic heterocycles. The molecule has 0 radical (unpaired) electrons. The van der Waals surface area contributed by atoms with Gasteiger partial charge in [0, 0.05) is 20.1 Å². The maximum Gasteiger partial charge on any atom is 0.232 e. The molecular formula is C7H13N3OS. The average Bonchev–Trinajstić information content (AvgIpc) is 2.36. The summed E-state index contributed by atoms with van der Waals surface area (Å²) in [6, 6.07) is 0. The van der Waals surface area contributed by atoms with Gasteiger partial charge in [-0.05, 0) is 17.5 Å². The summed E-state index contributed by atoms with van der Waals surface area (Å²) >= 11 is 1.36. The molecule has 0 spiro atoms. The summed E-state index contributed by atoms with van der Waals surface area (Å²) in [7, 11) is 1.70. The van der Waals surface area contributed by atoms with Crippen molar-refractivity contribution in [2.75, 3.05) is 19.5 Å². The SMILES string of the molecule is COCC(C)Cc1nc(N)ns1. The Labute approximate surface area is 75.9 Å². The summed E-state index contributed by atoms with van der Waals surface area (Å²) in [5, 5.41) is 0.983. The Morgan fingerprint density at radius 3 is 2.92 bits per heavy atom. The van der Waals surface area contributed by atoms with E-state index in [1.54, 1.807) is 7.11 Å². The molecule has 1 rings (SSSR count). The number of nitrogen functional groups attached to an aromatic ring is 1. The molecule has 0 bridgehead atoms. The van der Waals surface area contributed by atoms with Gasteiger partial charge < -0.3 is 10.5 Å². The Bertz CT molecular complexity index is 238. The number of ether oxygens (including phenoxy) is 1. The topological polar surface area (TPSA) is 61.0 Å². The van der Waals surface area contributed by atoms with Crippen molar-refractivity contribution < 1.29 is 4.74 Å². The number of nitrogens with zero attached hydrogens (tertiary/aromatic N) is 2. The van der Waals surface area contributed by atoms with Gasteiger partial charge in [0.2, 0.25) is 5.95 Å². The highest BCUT2D eigenvalue weighted by atomic mass is 32.1. The number of nitrogens with two attached hydrogens (primary N) is 1. The van der Waals surface area contributed by atoms with Crippen LogP contribution >= 0.6 is 11.5 Å². The molecule has 2 N–H and O–H groups in total. The van der Waals surface area contributed by atoms with Crippen molar-refractivity contribution in [3.8, 4) is 0 Å². The minimum Gasteiger partial charge on any atom is -0.384 e. The van der Waals surface area contributed by atoms with E-state index in [0.29, 0.717) is 11.9 Å². The third kappa shape index (κ3) is 2.75. The van der Waals surface area contributed by atoms with Crippen molar-refractivity contribution in [1.29, 1.82) is 0 Å². The highest BCUT2D eigenvalue weighted by Crippen LogP contribution is 2.11. The van der Waals surface area contributed by atoms with E-state index < -0.39 is 0 Å². The van der Waals surface area contributed by atoms with E-state index in [0.717, 1.165) is 18.0 Å². The van der Waals surface area contributed by atoms with Crippen molar-refractivity contribution in [1.82, 2.24) is 9.36 Å². The first-order chi connectivity index (χ1) is 5.72. The molecule has 1 heterocycles. The highest BCUT2D eigenvalue weighted by molar-refractivity contribution is 7.05. The lowest BCUT2D eigenvalue weighted by molar-refractivity contribution is 0.159. The Balaban J connectivity index is 2.41. The zero-order valence-corrected chi connectivity index (χ0v) is 8.10. The molecule has 68 valence electrons. The molecule has 0 saturated heterocycles. The number of methoxy groups -OCH3 is 1. The van der Waals surface area contributed by atoms with Gasteiger partial charge in [-0.15, -0.1) is 0 Å². The van der Waals surface area contributed by atoms with Crippen molar-refractivity contribution >= 4 is 17.5 Å². The van der Waals surface area contributed by atoms with Gasteiger partial charge in [0.05, 0.1) is 0 Å². The van der Waals surface area contributed by atoms with Gasteiger partial charge in [0.25, 0.3) is 0 Å². The minimum atomic E-state index is 0.375. The lowest BCUT2D eigenvalue weighted by atomic mass is 10.1. The molecule has 4 nitrogen and oxygen atoms in total. The van der Waals surface area contributed by atoms with E-state index in [1.807, 2.05) is 0 Å². The smallest absolute Gasteiger partial charge is 0.232 e. The molecular weight excluding hydrogens is 174 g/mol. The van der Waals surface area contributed by atoms with Crippen LogP contribution in [0.5, 0.6) is 0 Å². The first-order valence-corrected chi connectivity index (χ1v) is 4.56. The predicted molar refractivity (Wildman–Crippen MR) is 49.1 cm³/mol. The molecule has 0 aromatic carbocycles. The molecule has 1 aromatic heterocycles. The standard InChI is InChI=1S/C7H13N3OS/c1-5(4-11-2)3-6-9-7(8)10-12-6/h5H,3-4H2,1-2H3,(H2,8,10). The fourth-order valence-electron chi connectivity index (χ4n) is 0.992. The second-order valence-electron chi connectivity index (χ2n) is 2.81. The van der Waals surface area contributed by atoms with Gasteiger partial charge in [0.1, 0.15) is 5.01 Å². The quantitative estimate of drug-likeness (QED) is 0.762. The van der Waals surface area contributed by atoms with Crippen LogP contribution < -0.4 is 5.73 Å². The molecule has 1 atom stereocenters. The largest absolute Gasteiger partial charge is 0.384 e. The first kappa shape index (κ1) is 9.41. The molecule has 0 aliphatic rings. The van der Waals surface area contributed by atoms with Gasteiger partial charge in [-0.25, -0.2) is 4.98 Å². The minimum absolute atomic E-state index is 0.375. The number of hydrogen-bond donors (Lipinski definition) is 1. The number of rotatable bonds is 4. The zero-order valence-electron chi connectivity index (χ0n) is 7.28. The molecule has 5 heteroatoms. The molecule has 1 unspecified atom stereocenters. The van der Waals surface area contributed by atoms with Crippen molar-refractivity contribution in [2.24, 2.45) is 5.92 Å². The lowest BCUT2D eigenvalue weighted by Crippen LogP contribution is -2.06. The molecule has 12 heavy (non-hydrogen) atoms. The van der Waals surface area contributed by atoms with E-state index in [-0.39, 0.29) is 0 Å². The molecule has 1 aromatic rings. The normalized spacial score (nSPS) is 13.2. The van der Waals surface area contributed by atoms with Crippen LogP contribution in [0.2, 0.25) is 0 Å². The average molecular weight is 187 g/mol. The van der Waals surface area contributed by atoms with Crippen LogP contribution in [0.25, 0.3) is 0 Å². The summed E-state index contributed by atoms with van der Waals surface area (Å²) < 4.78 is 8.91. The summed E-state index contributed by atoms with van der Waals surface area (Å²) in [5.74, 6) is 0.849. The van der Waals surface area contributed by atoms with Crippen molar-refractivity contribution in [3.05, 3.63) is 5.01 Å². The van der Waals surface area contributed by atoms with Crippen LogP contribution in [0.4, 0.5) is 5.95 Å². The van der Waals surface area contributed by atoms with Crippen molar-refractivity contribution in [3.63, 3.8) is 0 Å². The summed E-state index contributed by atoms with van der Waals surface area (Å²) in [5.41, 5.74) is 5.39. The fourth-order valence-corrected chi connectivity index (χ4v) is 1.73. The Morgan fingerprint density at radius 1 is 1.67 bits per heavy atom. The van der Waals surface area contributed by atoms with Crippen LogP contribution in [-0.4, -0.2) is 23.1 Å². The van der Waals surface area contributed by atoms with E-state index >= 15 is 0 Å². The number of aromatic nitrogens is 2. The van der Waals surface area contributed by atoms with Gasteiger partial charge in [0.15, 0.2) is 0 Å². The maximum absolute atomic E-state index is 5.39. The Hall–Kier alpha value is -0.680. The second-order valence-corrected chi connectivity index (χ2v) is 3.65. The molecule has 0 amide bonds. The van der Waals surface area contributed by atoms with E-state index in [4.69, 9.17) is 10.5 Å². The molecule has 0 aliphatic carbocycles. The van der Waals surface area contributed by atoms with Crippen LogP contribution in [0, 0.1) is 5.92 Å². The highest BCUT2D eigenvalue weighted by Gasteiger charge is 2.06. The third-order valence-corrected chi connectivity index (χ3v) is 2.21. The van der Waals surface area contributed by atoms with Gasteiger partial charge in [-0.1, -0.05) is 6.92 Å². The monoisotopic (exact) mass is 187 g/mol. The lowest BCUT2D eigenvalue weighted by Gasteiger charge is -2.05. The van der Waals surface area contributed by atoms with Gasteiger partial charge in [-0.2, -0.15) is 4.37 Å². The van der Waals surface area contributed by atoms with Crippen LogP contribution in [0.15, 0.2) is 0 Å². The number of hydrogen-bond acceptors (Lipinski definition) is 5. The molecule has 0 saturated carbocycles. The van der Waals surface area contributed by atoms with E-state index in [1.165, 1.54) is 11.5 Å². The van der Waals surface area contributed by atoms with Crippen molar-refractivity contribution in [2.45, 2.75) is 13.3 Å². The second kappa shape index (κ2) is 4.37. The fraction of sp³-hybridized carbons (Fsp3) is 0.714. The zero-order chi connectivity index (χ0) is 8.97. The van der Waals surface area contributed by atoms with Gasteiger partial charge in [-0.3, -0.25) is 0 Å². The molecule has 0 fully saturated rings. The summed E-state index contributed by atoms with van der Waals surface area (Å²) in [6.45, 7) is 2.86. The van der Waals surface area contributed by atoms with E-state index in [2.05, 4.69) is 16.3 Å². The summed E-state index contributed by atoms with van der Waals surface area (Å²) in [4.78, 5) is 4.06. The Kier molecular flexibility index (Phi) is 3.43. The van der Waals surface area contributed by atoms with Crippen LogP contribution in [0.3, 0.4) is 0 Å². The van der Waals surface area contributed by atoms with E-state index in [9.17, 15) is 0 Å². The van der Waals surface area contributed by atoms with Crippen LogP contribution in [0.1, 0.15) is 11.9 Å². The summed E-state index contributed by atoms with van der Waals surface area (Å²) in [6.07, 6.45) is 0.892. The third-order valence-electron chi connectivity index (χ3n) is 1.46. The Morgan fingerprint density at radius 2 is 2.42 bits per heavy atom. The van der Waals surface area contributed by atoms with Crippen LogP contribution in [-0.2, 0) is 11.2 Å². The predicted octanol–water partition coefficient (Wildman–Crippen LogP) is 0.945. The maximum atomic E-state index is 5.39.